The minimum absolute atomic E-state index is 0.0986. The third-order valence-electron chi connectivity index (χ3n) is 3.57. The van der Waals surface area contributed by atoms with Gasteiger partial charge < -0.3 is 10.6 Å². The van der Waals surface area contributed by atoms with Gasteiger partial charge >= 0.3 is 11.8 Å². The first-order chi connectivity index (χ1) is 13.3. The molecule has 9 heteroatoms. The molecule has 7 nitrogen and oxygen atoms in total. The zero-order valence-corrected chi connectivity index (χ0v) is 16.7. The molecule has 0 aliphatic carbocycles. The van der Waals surface area contributed by atoms with Crippen LogP contribution in [0.1, 0.15) is 18.9 Å². The van der Waals surface area contributed by atoms with Crippen molar-refractivity contribution in [3.8, 4) is 0 Å². The third-order valence-corrected chi connectivity index (χ3v) is 4.12. The van der Waals surface area contributed by atoms with E-state index in [2.05, 4.69) is 21.2 Å². The molecule has 0 radical (unpaired) electrons. The van der Waals surface area contributed by atoms with Crippen LogP contribution in [0.5, 0.6) is 0 Å². The summed E-state index contributed by atoms with van der Waals surface area (Å²) in [6.45, 7) is 3.35. The summed E-state index contributed by atoms with van der Waals surface area (Å²) >= 11 is 11.8. The van der Waals surface area contributed by atoms with Gasteiger partial charge in [-0.15, -0.1) is 0 Å². The van der Waals surface area contributed by atoms with Gasteiger partial charge in [-0.1, -0.05) is 41.4 Å². The van der Waals surface area contributed by atoms with Crippen LogP contribution < -0.4 is 16.1 Å². The molecule has 146 valence electrons. The van der Waals surface area contributed by atoms with E-state index in [9.17, 15) is 14.4 Å². The van der Waals surface area contributed by atoms with Gasteiger partial charge in [0.05, 0.1) is 17.1 Å². The molecule has 0 spiro atoms. The van der Waals surface area contributed by atoms with Gasteiger partial charge in [0.2, 0.25) is 5.91 Å². The Morgan fingerprint density at radius 2 is 1.68 bits per heavy atom. The highest BCUT2D eigenvalue weighted by atomic mass is 35.5. The van der Waals surface area contributed by atoms with Crippen molar-refractivity contribution >= 4 is 58.0 Å². The molecule has 0 aliphatic heterocycles. The van der Waals surface area contributed by atoms with Gasteiger partial charge in [0.15, 0.2) is 0 Å². The van der Waals surface area contributed by atoms with Crippen LogP contribution >= 0.6 is 23.2 Å². The molecule has 0 saturated heterocycles. The Bertz CT molecular complexity index is 945. The van der Waals surface area contributed by atoms with E-state index in [4.69, 9.17) is 23.2 Å². The van der Waals surface area contributed by atoms with Crippen LogP contribution in [0.15, 0.2) is 47.6 Å². The predicted molar refractivity (Wildman–Crippen MR) is 111 cm³/mol. The average molecular weight is 421 g/mol. The minimum Gasteiger partial charge on any atom is -0.324 e. The second-order valence-corrected chi connectivity index (χ2v) is 6.75. The molecular weight excluding hydrogens is 403 g/mol. The molecule has 28 heavy (non-hydrogen) atoms. The zero-order valence-electron chi connectivity index (χ0n) is 15.2. The zero-order chi connectivity index (χ0) is 20.7. The number of carbonyl (C=O) groups is 3. The highest BCUT2D eigenvalue weighted by Gasteiger charge is 2.14. The average Bonchev–Trinajstić information content (AvgIpc) is 2.63. The number of para-hydroxylation sites is 1. The van der Waals surface area contributed by atoms with Crippen LogP contribution in [0.4, 0.5) is 11.4 Å². The van der Waals surface area contributed by atoms with Crippen molar-refractivity contribution in [2.45, 2.75) is 20.3 Å². The van der Waals surface area contributed by atoms with E-state index in [1.807, 2.05) is 6.07 Å². The van der Waals surface area contributed by atoms with E-state index in [0.717, 1.165) is 5.56 Å². The van der Waals surface area contributed by atoms with Crippen molar-refractivity contribution in [3.05, 3.63) is 58.1 Å². The summed E-state index contributed by atoms with van der Waals surface area (Å²) in [6, 6.07) is 11.7. The number of rotatable bonds is 5. The maximum Gasteiger partial charge on any atom is 0.329 e. The number of nitrogens with one attached hydrogen (secondary N) is 3. The van der Waals surface area contributed by atoms with Gasteiger partial charge in [0.25, 0.3) is 0 Å². The Morgan fingerprint density at radius 1 is 0.964 bits per heavy atom. The normalized spacial score (nSPS) is 10.9. The van der Waals surface area contributed by atoms with Gasteiger partial charge in [-0.25, -0.2) is 5.43 Å². The number of hydrazone groups is 1. The lowest BCUT2D eigenvalue weighted by atomic mass is 10.2. The van der Waals surface area contributed by atoms with E-state index in [0.29, 0.717) is 27.1 Å². The van der Waals surface area contributed by atoms with Crippen molar-refractivity contribution in [3.63, 3.8) is 0 Å². The summed E-state index contributed by atoms with van der Waals surface area (Å²) in [6.07, 6.45) is -0.0986. The Kier molecular flexibility index (Phi) is 7.54. The SMILES string of the molecule is C/C(CC(=O)Nc1ccc(Cl)cc1Cl)=N/NC(=O)C(=O)Nc1ccccc1C. The van der Waals surface area contributed by atoms with Crippen molar-refractivity contribution in [2.24, 2.45) is 5.10 Å². The number of hydrogen-bond acceptors (Lipinski definition) is 4. The molecule has 0 aliphatic rings. The highest BCUT2D eigenvalue weighted by Crippen LogP contribution is 2.25. The second kappa shape index (κ2) is 9.87. The summed E-state index contributed by atoms with van der Waals surface area (Å²) in [7, 11) is 0. The minimum atomic E-state index is -0.941. The topological polar surface area (TPSA) is 99.7 Å². The first kappa shape index (κ1) is 21.4. The first-order valence-electron chi connectivity index (χ1n) is 8.21. The smallest absolute Gasteiger partial charge is 0.324 e. The van der Waals surface area contributed by atoms with Gasteiger partial charge in [-0.05, 0) is 43.7 Å². The molecule has 0 aromatic heterocycles. The Labute approximate surface area is 172 Å². The summed E-state index contributed by atoms with van der Waals surface area (Å²) in [5.74, 6) is -2.18. The molecule has 0 atom stereocenters. The summed E-state index contributed by atoms with van der Waals surface area (Å²) < 4.78 is 0. The molecule has 3 amide bonds. The van der Waals surface area contributed by atoms with Gasteiger partial charge in [0, 0.05) is 16.4 Å². The molecular formula is C19H18Cl2N4O3. The van der Waals surface area contributed by atoms with Crippen LogP contribution in [0.25, 0.3) is 0 Å². The maximum atomic E-state index is 12.0. The number of nitrogens with zero attached hydrogens (tertiary/aromatic N) is 1. The number of benzene rings is 2. The number of halogens is 2. The molecule has 2 rings (SSSR count). The van der Waals surface area contributed by atoms with Crippen LogP contribution in [0.3, 0.4) is 0 Å². The third kappa shape index (κ3) is 6.37. The lowest BCUT2D eigenvalue weighted by Crippen LogP contribution is -2.33. The number of anilines is 2. The van der Waals surface area contributed by atoms with Crippen LogP contribution in [0.2, 0.25) is 10.0 Å². The van der Waals surface area contributed by atoms with E-state index in [1.165, 1.54) is 6.07 Å². The fraction of sp³-hybridized carbons (Fsp3) is 0.158. The number of aryl methyl sites for hydroxylation is 1. The standard InChI is InChI=1S/C19H18Cl2N4O3/c1-11-5-3-4-6-15(11)23-18(27)19(28)25-24-12(2)9-17(26)22-16-8-7-13(20)10-14(16)21/h3-8,10H,9H2,1-2H3,(H,22,26)(H,23,27)(H,25,28)/b24-12-. The number of hydrogen-bond donors (Lipinski definition) is 3. The molecule has 2 aromatic carbocycles. The Morgan fingerprint density at radius 3 is 2.36 bits per heavy atom. The fourth-order valence-electron chi connectivity index (χ4n) is 2.15. The van der Waals surface area contributed by atoms with E-state index >= 15 is 0 Å². The monoisotopic (exact) mass is 420 g/mol. The summed E-state index contributed by atoms with van der Waals surface area (Å²) in [5.41, 5.74) is 4.19. The van der Waals surface area contributed by atoms with Gasteiger partial charge in [0.1, 0.15) is 0 Å². The van der Waals surface area contributed by atoms with Crippen LogP contribution in [0, 0.1) is 6.92 Å². The molecule has 2 aromatic rings. The van der Waals surface area contributed by atoms with Crippen LogP contribution in [-0.2, 0) is 14.4 Å². The largest absolute Gasteiger partial charge is 0.329 e. The fourth-order valence-corrected chi connectivity index (χ4v) is 2.60. The lowest BCUT2D eigenvalue weighted by Gasteiger charge is -2.08. The Balaban J connectivity index is 1.87. The Hall–Kier alpha value is -2.90. The van der Waals surface area contributed by atoms with E-state index < -0.39 is 11.8 Å². The molecule has 0 bridgehead atoms. The maximum absolute atomic E-state index is 12.0. The van der Waals surface area contributed by atoms with E-state index in [1.54, 1.807) is 44.2 Å². The predicted octanol–water partition coefficient (Wildman–Crippen LogP) is 3.76. The van der Waals surface area contributed by atoms with Crippen molar-refractivity contribution in [2.75, 3.05) is 10.6 Å². The van der Waals surface area contributed by atoms with Crippen molar-refractivity contribution in [1.82, 2.24) is 5.43 Å². The van der Waals surface area contributed by atoms with Crippen molar-refractivity contribution < 1.29 is 14.4 Å². The molecule has 0 saturated carbocycles. The highest BCUT2D eigenvalue weighted by molar-refractivity contribution is 6.39. The van der Waals surface area contributed by atoms with Gasteiger partial charge in [-0.2, -0.15) is 5.10 Å². The van der Waals surface area contributed by atoms with Crippen LogP contribution in [-0.4, -0.2) is 23.4 Å². The summed E-state index contributed by atoms with van der Waals surface area (Å²) in [5, 5.41) is 9.63. The van der Waals surface area contributed by atoms with E-state index in [-0.39, 0.29) is 12.3 Å². The second-order valence-electron chi connectivity index (χ2n) is 5.91. The molecule has 0 heterocycles. The number of carbonyl (C=O) groups excluding carboxylic acids is 3. The number of amides is 3. The van der Waals surface area contributed by atoms with Gasteiger partial charge in [-0.3, -0.25) is 14.4 Å². The molecule has 0 fully saturated rings. The quantitative estimate of drug-likeness (QED) is 0.389. The molecule has 0 unspecified atom stereocenters. The van der Waals surface area contributed by atoms with Crippen molar-refractivity contribution in [1.29, 1.82) is 0 Å². The lowest BCUT2D eigenvalue weighted by molar-refractivity contribution is -0.136. The summed E-state index contributed by atoms with van der Waals surface area (Å²) in [4.78, 5) is 35.8. The first-order valence-corrected chi connectivity index (χ1v) is 8.97. The molecule has 3 N–H and O–H groups in total.